The number of anilines is 1. The van der Waals surface area contributed by atoms with Crippen LogP contribution in [0.1, 0.15) is 5.56 Å². The number of carbonyl (C=O) groups excluding carboxylic acids is 1. The minimum atomic E-state index is -0.499. The number of benzene rings is 2. The lowest BCUT2D eigenvalue weighted by molar-refractivity contribution is 0.251. The zero-order chi connectivity index (χ0) is 15.2. The van der Waals surface area contributed by atoms with E-state index in [0.29, 0.717) is 16.8 Å². The van der Waals surface area contributed by atoms with Crippen molar-refractivity contribution in [1.82, 2.24) is 5.32 Å². The molecule has 21 heavy (non-hydrogen) atoms. The van der Waals surface area contributed by atoms with Crippen LogP contribution in [-0.2, 0) is 6.54 Å². The van der Waals surface area contributed by atoms with Crippen LogP contribution in [-0.4, -0.2) is 13.1 Å². The van der Waals surface area contributed by atoms with E-state index < -0.39 is 11.8 Å². The summed E-state index contributed by atoms with van der Waals surface area (Å²) in [4.78, 5) is 11.7. The number of ether oxygens (including phenoxy) is 1. The Hall–Kier alpha value is -2.08. The van der Waals surface area contributed by atoms with Gasteiger partial charge in [-0.15, -0.1) is 0 Å². The molecule has 110 valence electrons. The van der Waals surface area contributed by atoms with E-state index in [9.17, 15) is 9.18 Å². The third kappa shape index (κ3) is 4.46. The molecule has 0 aromatic heterocycles. The first kappa shape index (κ1) is 15.3. The zero-order valence-corrected chi connectivity index (χ0v) is 12.9. The maximum atomic E-state index is 13.6. The fourth-order valence-electron chi connectivity index (χ4n) is 1.72. The zero-order valence-electron chi connectivity index (χ0n) is 11.3. The fraction of sp³-hybridized carbons (Fsp3) is 0.133. The summed E-state index contributed by atoms with van der Waals surface area (Å²) >= 11 is 3.16. The number of carbonyl (C=O) groups is 1. The topological polar surface area (TPSA) is 50.4 Å². The molecule has 0 atom stereocenters. The maximum absolute atomic E-state index is 13.6. The summed E-state index contributed by atoms with van der Waals surface area (Å²) in [6.07, 6.45) is 0. The van der Waals surface area contributed by atoms with Gasteiger partial charge in [0.05, 0.1) is 12.8 Å². The summed E-state index contributed by atoms with van der Waals surface area (Å²) in [5, 5.41) is 5.12. The Morgan fingerprint density at radius 2 is 2.10 bits per heavy atom. The second-order valence-corrected chi connectivity index (χ2v) is 5.20. The van der Waals surface area contributed by atoms with Crippen LogP contribution >= 0.6 is 15.9 Å². The monoisotopic (exact) mass is 352 g/mol. The average molecular weight is 353 g/mol. The number of hydrogen-bond acceptors (Lipinski definition) is 2. The highest BCUT2D eigenvalue weighted by Gasteiger charge is 2.07. The van der Waals surface area contributed by atoms with Gasteiger partial charge in [0.25, 0.3) is 0 Å². The van der Waals surface area contributed by atoms with Gasteiger partial charge < -0.3 is 15.4 Å². The van der Waals surface area contributed by atoms with Crippen LogP contribution in [0, 0.1) is 5.82 Å². The molecule has 0 bridgehead atoms. The molecule has 0 fully saturated rings. The van der Waals surface area contributed by atoms with Crippen molar-refractivity contribution in [1.29, 1.82) is 0 Å². The van der Waals surface area contributed by atoms with E-state index in [1.54, 1.807) is 13.2 Å². The number of hydrogen-bond donors (Lipinski definition) is 2. The van der Waals surface area contributed by atoms with Crippen molar-refractivity contribution in [2.75, 3.05) is 12.4 Å². The molecule has 0 aliphatic carbocycles. The Morgan fingerprint density at radius 3 is 2.81 bits per heavy atom. The van der Waals surface area contributed by atoms with E-state index in [1.807, 2.05) is 24.3 Å². The van der Waals surface area contributed by atoms with Gasteiger partial charge in [0.1, 0.15) is 11.6 Å². The first-order chi connectivity index (χ1) is 10.1. The van der Waals surface area contributed by atoms with E-state index >= 15 is 0 Å². The van der Waals surface area contributed by atoms with Crippen LogP contribution in [0.15, 0.2) is 46.9 Å². The number of urea groups is 1. The molecule has 2 N–H and O–H groups in total. The molecule has 0 saturated heterocycles. The summed E-state index contributed by atoms with van der Waals surface area (Å²) in [5.41, 5.74) is 1.02. The lowest BCUT2D eigenvalue weighted by Crippen LogP contribution is -2.28. The molecule has 0 unspecified atom stereocenters. The predicted octanol–water partition coefficient (Wildman–Crippen LogP) is 3.92. The molecule has 0 aliphatic heterocycles. The van der Waals surface area contributed by atoms with Gasteiger partial charge in [-0.25, -0.2) is 9.18 Å². The molecule has 0 heterocycles. The summed E-state index contributed by atoms with van der Waals surface area (Å²) in [5.74, 6) is 0.217. The SMILES string of the molecule is COc1cccc(CNC(=O)Nc2ccc(Br)cc2F)c1. The quantitative estimate of drug-likeness (QED) is 0.876. The minimum absolute atomic E-state index is 0.126. The van der Waals surface area contributed by atoms with Crippen LogP contribution in [0.4, 0.5) is 14.9 Å². The number of rotatable bonds is 4. The third-order valence-corrected chi connectivity index (χ3v) is 3.26. The summed E-state index contributed by atoms with van der Waals surface area (Å²) in [6.45, 7) is 0.321. The van der Waals surface area contributed by atoms with Gasteiger partial charge in [-0.2, -0.15) is 0 Å². The number of methoxy groups -OCH3 is 1. The molecule has 6 heteroatoms. The number of nitrogens with one attached hydrogen (secondary N) is 2. The maximum Gasteiger partial charge on any atom is 0.319 e. The smallest absolute Gasteiger partial charge is 0.319 e. The summed E-state index contributed by atoms with van der Waals surface area (Å²) in [6, 6.07) is 11.3. The van der Waals surface area contributed by atoms with Crippen molar-refractivity contribution in [3.63, 3.8) is 0 Å². The van der Waals surface area contributed by atoms with E-state index in [0.717, 1.165) is 5.56 Å². The predicted molar refractivity (Wildman–Crippen MR) is 83.0 cm³/mol. The van der Waals surface area contributed by atoms with Crippen LogP contribution in [0.3, 0.4) is 0 Å². The van der Waals surface area contributed by atoms with Gasteiger partial charge in [-0.3, -0.25) is 0 Å². The van der Waals surface area contributed by atoms with E-state index in [4.69, 9.17) is 4.74 Å². The molecule has 0 saturated carbocycles. The molecule has 2 rings (SSSR count). The van der Waals surface area contributed by atoms with Crippen LogP contribution in [0.5, 0.6) is 5.75 Å². The minimum Gasteiger partial charge on any atom is -0.497 e. The number of amides is 2. The van der Waals surface area contributed by atoms with E-state index in [1.165, 1.54) is 12.1 Å². The van der Waals surface area contributed by atoms with Gasteiger partial charge in [0.2, 0.25) is 0 Å². The molecule has 2 amide bonds. The molecule has 2 aromatic carbocycles. The van der Waals surface area contributed by atoms with Crippen molar-refractivity contribution in [2.45, 2.75) is 6.54 Å². The third-order valence-electron chi connectivity index (χ3n) is 2.77. The lowest BCUT2D eigenvalue weighted by Gasteiger charge is -2.09. The van der Waals surface area contributed by atoms with Crippen LogP contribution < -0.4 is 15.4 Å². The molecule has 2 aromatic rings. The highest BCUT2D eigenvalue weighted by atomic mass is 79.9. The Bertz CT molecular complexity index is 649. The van der Waals surface area contributed by atoms with Gasteiger partial charge in [-0.1, -0.05) is 28.1 Å². The molecule has 0 spiro atoms. The molecule has 0 radical (unpaired) electrons. The lowest BCUT2D eigenvalue weighted by atomic mass is 10.2. The second-order valence-electron chi connectivity index (χ2n) is 4.28. The largest absolute Gasteiger partial charge is 0.497 e. The van der Waals surface area contributed by atoms with Crippen LogP contribution in [0.25, 0.3) is 0 Å². The Morgan fingerprint density at radius 1 is 1.29 bits per heavy atom. The summed E-state index contributed by atoms with van der Waals surface area (Å²) < 4.78 is 19.3. The molecular weight excluding hydrogens is 339 g/mol. The normalized spacial score (nSPS) is 10.0. The van der Waals surface area contributed by atoms with Gasteiger partial charge in [0.15, 0.2) is 0 Å². The van der Waals surface area contributed by atoms with Gasteiger partial charge >= 0.3 is 6.03 Å². The van der Waals surface area contributed by atoms with Crippen LogP contribution in [0.2, 0.25) is 0 Å². The Labute approximate surface area is 130 Å². The molecule has 4 nitrogen and oxygen atoms in total. The van der Waals surface area contributed by atoms with Crippen molar-refractivity contribution in [3.05, 3.63) is 58.3 Å². The fourth-order valence-corrected chi connectivity index (χ4v) is 2.06. The van der Waals surface area contributed by atoms with Crippen molar-refractivity contribution < 1.29 is 13.9 Å². The van der Waals surface area contributed by atoms with Crippen molar-refractivity contribution in [3.8, 4) is 5.75 Å². The average Bonchev–Trinajstić information content (AvgIpc) is 2.48. The Balaban J connectivity index is 1.92. The van der Waals surface area contributed by atoms with Crippen molar-refractivity contribution >= 4 is 27.6 Å². The first-order valence-corrected chi connectivity index (χ1v) is 7.00. The van der Waals surface area contributed by atoms with E-state index in [-0.39, 0.29) is 5.69 Å². The standard InChI is InChI=1S/C15H14BrFN2O2/c1-21-12-4-2-3-10(7-12)9-18-15(20)19-14-6-5-11(16)8-13(14)17/h2-8H,9H2,1H3,(H2,18,19,20). The number of halogens is 2. The van der Waals surface area contributed by atoms with Gasteiger partial charge in [-0.05, 0) is 35.9 Å². The molecular formula is C15H14BrFN2O2. The first-order valence-electron chi connectivity index (χ1n) is 6.21. The van der Waals surface area contributed by atoms with Crippen molar-refractivity contribution in [2.24, 2.45) is 0 Å². The molecule has 0 aliphatic rings. The highest BCUT2D eigenvalue weighted by Crippen LogP contribution is 2.19. The highest BCUT2D eigenvalue weighted by molar-refractivity contribution is 9.10. The van der Waals surface area contributed by atoms with E-state index in [2.05, 4.69) is 26.6 Å². The second kappa shape index (κ2) is 7.08. The summed E-state index contributed by atoms with van der Waals surface area (Å²) in [7, 11) is 1.58. The Kier molecular flexibility index (Phi) is 5.16. The van der Waals surface area contributed by atoms with Gasteiger partial charge in [0, 0.05) is 11.0 Å².